The Morgan fingerprint density at radius 3 is 2.52 bits per heavy atom. The fraction of sp³-hybridized carbons (Fsp3) is 0.235. The molecule has 3 nitrogen and oxygen atoms in total. The average Bonchev–Trinajstić information content (AvgIpc) is 2.49. The van der Waals surface area contributed by atoms with Gasteiger partial charge in [-0.25, -0.2) is 4.79 Å². The number of aromatic carboxylic acids is 1. The molecule has 6 heteroatoms. The number of hydrogen-bond acceptors (Lipinski definition) is 2. The van der Waals surface area contributed by atoms with Crippen LogP contribution in [0.4, 0.5) is 0 Å². The first kappa shape index (κ1) is 16.6. The number of fused-ring (bicyclic) bond motifs is 1. The van der Waals surface area contributed by atoms with Crippen LogP contribution in [0.2, 0.25) is 15.1 Å². The topological polar surface area (TPSA) is 40.5 Å². The molecule has 23 heavy (non-hydrogen) atoms. The first-order valence-corrected chi connectivity index (χ1v) is 8.29. The van der Waals surface area contributed by atoms with Crippen LogP contribution in [0, 0.1) is 0 Å². The molecule has 2 aromatic rings. The molecule has 1 N–H and O–H groups in total. The Morgan fingerprint density at radius 2 is 1.87 bits per heavy atom. The third kappa shape index (κ3) is 3.48. The lowest BCUT2D eigenvalue weighted by molar-refractivity contribution is 0.0697. The second kappa shape index (κ2) is 6.70. The molecule has 2 aromatic carbocycles. The highest BCUT2D eigenvalue weighted by molar-refractivity contribution is 6.39. The van der Waals surface area contributed by atoms with E-state index in [1.165, 1.54) is 5.56 Å². The molecule has 0 amide bonds. The van der Waals surface area contributed by atoms with Gasteiger partial charge < -0.3 is 5.11 Å². The van der Waals surface area contributed by atoms with Crippen LogP contribution in [-0.4, -0.2) is 22.5 Å². The van der Waals surface area contributed by atoms with E-state index in [-0.39, 0.29) is 15.6 Å². The zero-order chi connectivity index (χ0) is 16.6. The van der Waals surface area contributed by atoms with Gasteiger partial charge in [0.25, 0.3) is 0 Å². The summed E-state index contributed by atoms with van der Waals surface area (Å²) in [6.45, 7) is 2.31. The van der Waals surface area contributed by atoms with Crippen molar-refractivity contribution in [3.8, 4) is 0 Å². The summed E-state index contributed by atoms with van der Waals surface area (Å²) in [6.07, 6.45) is 0.708. The van der Waals surface area contributed by atoms with Crippen LogP contribution in [0.25, 0.3) is 0 Å². The van der Waals surface area contributed by atoms with Crippen LogP contribution < -0.4 is 0 Å². The minimum Gasteiger partial charge on any atom is -0.478 e. The second-order valence-corrected chi connectivity index (χ2v) is 6.80. The summed E-state index contributed by atoms with van der Waals surface area (Å²) in [7, 11) is 0. The van der Waals surface area contributed by atoms with Gasteiger partial charge in [-0.05, 0) is 41.3 Å². The molecule has 120 valence electrons. The summed E-state index contributed by atoms with van der Waals surface area (Å²) in [5.74, 6) is -1.09. The van der Waals surface area contributed by atoms with Crippen molar-refractivity contribution >= 4 is 40.8 Å². The summed E-state index contributed by atoms with van der Waals surface area (Å²) in [5.41, 5.74) is 3.06. The predicted molar refractivity (Wildman–Crippen MR) is 92.7 cm³/mol. The minimum atomic E-state index is -1.09. The second-order valence-electron chi connectivity index (χ2n) is 5.58. The van der Waals surface area contributed by atoms with Gasteiger partial charge in [0.15, 0.2) is 0 Å². The third-order valence-electron chi connectivity index (χ3n) is 4.02. The molecular weight excluding hydrogens is 357 g/mol. The SMILES string of the molecule is O=C(O)c1c(Cl)cc2c(c1Cl)CCN(Cc1ccc(Cl)cc1)C2. The van der Waals surface area contributed by atoms with Gasteiger partial charge in [0, 0.05) is 24.7 Å². The summed E-state index contributed by atoms with van der Waals surface area (Å²) < 4.78 is 0. The van der Waals surface area contributed by atoms with E-state index in [0.29, 0.717) is 13.0 Å². The normalized spacial score (nSPS) is 14.6. The van der Waals surface area contributed by atoms with Crippen molar-refractivity contribution < 1.29 is 9.90 Å². The molecule has 0 unspecified atom stereocenters. The molecule has 0 bridgehead atoms. The van der Waals surface area contributed by atoms with E-state index < -0.39 is 5.97 Å². The van der Waals surface area contributed by atoms with Gasteiger partial charge in [-0.3, -0.25) is 4.90 Å². The summed E-state index contributed by atoms with van der Waals surface area (Å²) in [4.78, 5) is 13.5. The number of halogens is 3. The van der Waals surface area contributed by atoms with E-state index in [2.05, 4.69) is 4.90 Å². The third-order valence-corrected chi connectivity index (χ3v) is 4.98. The molecule has 0 spiro atoms. The van der Waals surface area contributed by atoms with Gasteiger partial charge in [-0.1, -0.05) is 46.9 Å². The van der Waals surface area contributed by atoms with Crippen LogP contribution in [0.3, 0.4) is 0 Å². The van der Waals surface area contributed by atoms with E-state index in [9.17, 15) is 9.90 Å². The first-order chi connectivity index (χ1) is 11.0. The van der Waals surface area contributed by atoms with Crippen molar-refractivity contribution in [1.82, 2.24) is 4.90 Å². The highest BCUT2D eigenvalue weighted by Crippen LogP contribution is 2.34. The molecular formula is C17H14Cl3NO2. The standard InChI is InChI=1S/C17H14Cl3NO2/c18-12-3-1-10(2-4-12)8-21-6-5-13-11(9-21)7-14(19)15(16(13)20)17(22)23/h1-4,7H,5-6,8-9H2,(H,22,23). The van der Waals surface area contributed by atoms with E-state index in [4.69, 9.17) is 34.8 Å². The van der Waals surface area contributed by atoms with Gasteiger partial charge in [0.1, 0.15) is 0 Å². The number of rotatable bonds is 3. The highest BCUT2D eigenvalue weighted by Gasteiger charge is 2.24. The summed E-state index contributed by atoms with van der Waals surface area (Å²) in [6, 6.07) is 9.49. The van der Waals surface area contributed by atoms with Gasteiger partial charge in [0.2, 0.25) is 0 Å². The average molecular weight is 371 g/mol. The van der Waals surface area contributed by atoms with Crippen molar-refractivity contribution in [2.24, 2.45) is 0 Å². The Balaban J connectivity index is 1.83. The molecule has 1 aliphatic heterocycles. The lowest BCUT2D eigenvalue weighted by Gasteiger charge is -2.30. The molecule has 0 fully saturated rings. The Labute approximate surface area is 149 Å². The zero-order valence-corrected chi connectivity index (χ0v) is 14.4. The molecule has 0 atom stereocenters. The fourth-order valence-corrected chi connectivity index (χ4v) is 3.77. The van der Waals surface area contributed by atoms with E-state index >= 15 is 0 Å². The molecule has 0 radical (unpaired) electrons. The minimum absolute atomic E-state index is 0.00163. The van der Waals surface area contributed by atoms with Crippen molar-refractivity contribution in [2.75, 3.05) is 6.54 Å². The van der Waals surface area contributed by atoms with E-state index in [1.54, 1.807) is 6.07 Å². The molecule has 3 rings (SSSR count). The van der Waals surface area contributed by atoms with Crippen molar-refractivity contribution in [1.29, 1.82) is 0 Å². The number of carboxylic acid groups (broad SMARTS) is 1. The van der Waals surface area contributed by atoms with Crippen LogP contribution in [0.5, 0.6) is 0 Å². The lowest BCUT2D eigenvalue weighted by Crippen LogP contribution is -2.30. The summed E-state index contributed by atoms with van der Waals surface area (Å²) in [5, 5.41) is 10.4. The van der Waals surface area contributed by atoms with Gasteiger partial charge in [0.05, 0.1) is 15.6 Å². The van der Waals surface area contributed by atoms with Gasteiger partial charge >= 0.3 is 5.97 Å². The number of nitrogens with zero attached hydrogens (tertiary/aromatic N) is 1. The van der Waals surface area contributed by atoms with Crippen molar-refractivity contribution in [3.63, 3.8) is 0 Å². The predicted octanol–water partition coefficient (Wildman–Crippen LogP) is 4.90. The Morgan fingerprint density at radius 1 is 1.17 bits per heavy atom. The summed E-state index contributed by atoms with van der Waals surface area (Å²) >= 11 is 18.2. The Kier molecular flexibility index (Phi) is 4.83. The quantitative estimate of drug-likeness (QED) is 0.835. The molecule has 0 saturated heterocycles. The van der Waals surface area contributed by atoms with Crippen molar-refractivity contribution in [2.45, 2.75) is 19.5 Å². The van der Waals surface area contributed by atoms with Gasteiger partial charge in [-0.15, -0.1) is 0 Å². The van der Waals surface area contributed by atoms with Crippen molar-refractivity contribution in [3.05, 3.63) is 67.7 Å². The van der Waals surface area contributed by atoms with Crippen LogP contribution in [-0.2, 0) is 19.5 Å². The molecule has 0 aromatic heterocycles. The first-order valence-electron chi connectivity index (χ1n) is 7.15. The fourth-order valence-electron chi connectivity index (χ4n) is 2.89. The maximum atomic E-state index is 11.3. The Bertz CT molecular complexity index is 759. The van der Waals surface area contributed by atoms with Crippen LogP contribution >= 0.6 is 34.8 Å². The van der Waals surface area contributed by atoms with E-state index in [1.807, 2.05) is 24.3 Å². The zero-order valence-electron chi connectivity index (χ0n) is 12.2. The largest absolute Gasteiger partial charge is 0.478 e. The highest BCUT2D eigenvalue weighted by atomic mass is 35.5. The monoisotopic (exact) mass is 369 g/mol. The molecule has 0 aliphatic carbocycles. The number of hydrogen-bond donors (Lipinski definition) is 1. The smallest absolute Gasteiger partial charge is 0.338 e. The maximum Gasteiger partial charge on any atom is 0.338 e. The molecule has 1 heterocycles. The number of benzene rings is 2. The number of carbonyl (C=O) groups is 1. The maximum absolute atomic E-state index is 11.3. The van der Waals surface area contributed by atoms with Gasteiger partial charge in [-0.2, -0.15) is 0 Å². The number of carboxylic acids is 1. The lowest BCUT2D eigenvalue weighted by atomic mass is 9.96. The molecule has 0 saturated carbocycles. The van der Waals surface area contributed by atoms with Crippen LogP contribution in [0.15, 0.2) is 30.3 Å². The van der Waals surface area contributed by atoms with E-state index in [0.717, 1.165) is 29.2 Å². The Hall–Kier alpha value is -1.26. The molecule has 1 aliphatic rings. The van der Waals surface area contributed by atoms with Crippen LogP contribution in [0.1, 0.15) is 27.0 Å².